The molecular weight excluding hydrogens is 352 g/mol. The maximum atomic E-state index is 5.86. The summed E-state index contributed by atoms with van der Waals surface area (Å²) in [5, 5.41) is 0. The van der Waals surface area contributed by atoms with E-state index >= 15 is 0 Å². The molecule has 1 aliphatic heterocycles. The highest BCUT2D eigenvalue weighted by Crippen LogP contribution is 2.20. The third-order valence-corrected chi connectivity index (χ3v) is 4.49. The molecule has 3 rings (SSSR count). The number of ether oxygens (including phenoxy) is 4. The van der Waals surface area contributed by atoms with Crippen LogP contribution in [0.1, 0.15) is 37.3 Å². The molecule has 2 atom stereocenters. The second kappa shape index (κ2) is 10.7. The van der Waals surface area contributed by atoms with Crippen LogP contribution in [0.25, 0.3) is 12.2 Å². The van der Waals surface area contributed by atoms with Gasteiger partial charge < -0.3 is 18.9 Å². The van der Waals surface area contributed by atoms with Gasteiger partial charge in [0.25, 0.3) is 0 Å². The molecule has 0 radical (unpaired) electrons. The van der Waals surface area contributed by atoms with Gasteiger partial charge in [-0.3, -0.25) is 0 Å². The van der Waals surface area contributed by atoms with E-state index in [4.69, 9.17) is 18.9 Å². The van der Waals surface area contributed by atoms with Crippen molar-refractivity contribution in [3.63, 3.8) is 0 Å². The summed E-state index contributed by atoms with van der Waals surface area (Å²) >= 11 is 0. The van der Waals surface area contributed by atoms with Crippen molar-refractivity contribution in [1.82, 2.24) is 0 Å². The lowest BCUT2D eigenvalue weighted by Crippen LogP contribution is -2.24. The summed E-state index contributed by atoms with van der Waals surface area (Å²) in [5.74, 6) is 1.65. The van der Waals surface area contributed by atoms with E-state index in [1.807, 2.05) is 67.6 Å². The van der Waals surface area contributed by atoms with Crippen LogP contribution in [0.5, 0.6) is 11.5 Å². The van der Waals surface area contributed by atoms with Crippen LogP contribution in [0.4, 0.5) is 0 Å². The highest BCUT2D eigenvalue weighted by atomic mass is 16.7. The second-order valence-electron chi connectivity index (χ2n) is 6.69. The SMILES string of the molecule is COC(C)Oc1ccc(C=CC=Cc2ccc(OC3CCCCO3)cc2)cc1. The largest absolute Gasteiger partial charge is 0.465 e. The summed E-state index contributed by atoms with van der Waals surface area (Å²) in [7, 11) is 1.62. The average molecular weight is 380 g/mol. The fourth-order valence-electron chi connectivity index (χ4n) is 2.84. The molecule has 2 aromatic rings. The van der Waals surface area contributed by atoms with Gasteiger partial charge in [0, 0.05) is 13.5 Å². The molecule has 2 unspecified atom stereocenters. The Morgan fingerprint density at radius 1 is 0.893 bits per heavy atom. The van der Waals surface area contributed by atoms with Crippen LogP contribution in [0.2, 0.25) is 0 Å². The van der Waals surface area contributed by atoms with E-state index in [1.54, 1.807) is 7.11 Å². The van der Waals surface area contributed by atoms with Gasteiger partial charge in [0.05, 0.1) is 6.61 Å². The molecule has 0 N–H and O–H groups in total. The van der Waals surface area contributed by atoms with Gasteiger partial charge in [0.15, 0.2) is 12.6 Å². The molecule has 0 saturated carbocycles. The molecule has 4 nitrogen and oxygen atoms in total. The van der Waals surface area contributed by atoms with Crippen molar-refractivity contribution in [3.05, 3.63) is 71.8 Å². The third kappa shape index (κ3) is 6.55. The smallest absolute Gasteiger partial charge is 0.199 e. The van der Waals surface area contributed by atoms with Crippen LogP contribution >= 0.6 is 0 Å². The first-order valence-corrected chi connectivity index (χ1v) is 9.75. The summed E-state index contributed by atoms with van der Waals surface area (Å²) in [4.78, 5) is 0. The topological polar surface area (TPSA) is 36.9 Å². The van der Waals surface area contributed by atoms with E-state index < -0.39 is 0 Å². The maximum Gasteiger partial charge on any atom is 0.199 e. The standard InChI is InChI=1S/C24H28O4/c1-19(25-2)27-22-14-10-20(11-15-22)7-3-4-8-21-12-16-23(17-13-21)28-24-9-5-6-18-26-24/h3-4,7-8,10-17,19,24H,5-6,9,18H2,1-2H3. The molecule has 1 fully saturated rings. The zero-order chi connectivity index (χ0) is 19.6. The summed E-state index contributed by atoms with van der Waals surface area (Å²) in [5.41, 5.74) is 2.23. The van der Waals surface area contributed by atoms with Crippen LogP contribution in [0.3, 0.4) is 0 Å². The Balaban J connectivity index is 1.48. The van der Waals surface area contributed by atoms with Crippen LogP contribution in [0, 0.1) is 0 Å². The first kappa shape index (κ1) is 20.2. The Kier molecular flexibility index (Phi) is 7.71. The molecule has 148 valence electrons. The number of hydrogen-bond acceptors (Lipinski definition) is 4. The van der Waals surface area contributed by atoms with Crippen LogP contribution in [-0.4, -0.2) is 26.3 Å². The quantitative estimate of drug-likeness (QED) is 0.435. The highest BCUT2D eigenvalue weighted by molar-refractivity contribution is 5.58. The molecule has 4 heteroatoms. The fourth-order valence-corrected chi connectivity index (χ4v) is 2.84. The van der Waals surface area contributed by atoms with Crippen LogP contribution < -0.4 is 9.47 Å². The second-order valence-corrected chi connectivity index (χ2v) is 6.69. The maximum absolute atomic E-state index is 5.86. The monoisotopic (exact) mass is 380 g/mol. The third-order valence-electron chi connectivity index (χ3n) is 4.49. The lowest BCUT2D eigenvalue weighted by molar-refractivity contribution is -0.105. The van der Waals surface area contributed by atoms with Crippen molar-refractivity contribution >= 4 is 12.2 Å². The molecule has 0 bridgehead atoms. The number of benzene rings is 2. The number of rotatable bonds is 8. The molecule has 0 spiro atoms. The van der Waals surface area contributed by atoms with E-state index in [1.165, 1.54) is 6.42 Å². The number of allylic oxidation sites excluding steroid dienone is 2. The van der Waals surface area contributed by atoms with E-state index in [2.05, 4.69) is 12.2 Å². The Morgan fingerprint density at radius 3 is 2.04 bits per heavy atom. The normalized spacial score (nSPS) is 18.4. The molecule has 1 saturated heterocycles. The van der Waals surface area contributed by atoms with Gasteiger partial charge in [-0.1, -0.05) is 48.6 Å². The minimum atomic E-state index is -0.253. The predicted molar refractivity (Wildman–Crippen MR) is 112 cm³/mol. The zero-order valence-electron chi connectivity index (χ0n) is 16.5. The lowest BCUT2D eigenvalue weighted by atomic mass is 10.1. The number of methoxy groups -OCH3 is 1. The van der Waals surface area contributed by atoms with Gasteiger partial charge in [-0.25, -0.2) is 0 Å². The summed E-state index contributed by atoms with van der Waals surface area (Å²) in [6.07, 6.45) is 11.1. The molecule has 0 aromatic heterocycles. The van der Waals surface area contributed by atoms with Gasteiger partial charge in [-0.2, -0.15) is 0 Å². The van der Waals surface area contributed by atoms with E-state index in [-0.39, 0.29) is 12.6 Å². The minimum Gasteiger partial charge on any atom is -0.465 e. The van der Waals surface area contributed by atoms with Crippen molar-refractivity contribution in [3.8, 4) is 11.5 Å². The zero-order valence-corrected chi connectivity index (χ0v) is 16.5. The average Bonchev–Trinajstić information content (AvgIpc) is 2.74. The minimum absolute atomic E-state index is 0.104. The van der Waals surface area contributed by atoms with Gasteiger partial charge in [0.1, 0.15) is 11.5 Å². The van der Waals surface area contributed by atoms with Gasteiger partial charge in [-0.05, 0) is 55.2 Å². The summed E-state index contributed by atoms with van der Waals surface area (Å²) in [6.45, 7) is 2.65. The highest BCUT2D eigenvalue weighted by Gasteiger charge is 2.14. The summed E-state index contributed by atoms with van der Waals surface area (Å²) < 4.78 is 22.1. The van der Waals surface area contributed by atoms with Crippen LogP contribution in [-0.2, 0) is 9.47 Å². The molecular formula is C24H28O4. The van der Waals surface area contributed by atoms with Crippen molar-refractivity contribution in [2.24, 2.45) is 0 Å². The molecule has 28 heavy (non-hydrogen) atoms. The predicted octanol–water partition coefficient (Wildman–Crippen LogP) is 5.69. The van der Waals surface area contributed by atoms with Crippen molar-refractivity contribution in [1.29, 1.82) is 0 Å². The summed E-state index contributed by atoms with van der Waals surface area (Å²) in [6, 6.07) is 16.0. The van der Waals surface area contributed by atoms with Gasteiger partial charge >= 0.3 is 0 Å². The van der Waals surface area contributed by atoms with E-state index in [0.717, 1.165) is 42.1 Å². The molecule has 0 amide bonds. The van der Waals surface area contributed by atoms with Crippen LogP contribution in [0.15, 0.2) is 60.7 Å². The first-order valence-electron chi connectivity index (χ1n) is 9.75. The van der Waals surface area contributed by atoms with Gasteiger partial charge in [0.2, 0.25) is 0 Å². The lowest BCUT2D eigenvalue weighted by Gasteiger charge is -2.23. The Hall–Kier alpha value is -2.56. The van der Waals surface area contributed by atoms with Crippen molar-refractivity contribution < 1.29 is 18.9 Å². The number of hydrogen-bond donors (Lipinski definition) is 0. The molecule has 0 aliphatic carbocycles. The van der Waals surface area contributed by atoms with Crippen molar-refractivity contribution in [2.45, 2.75) is 38.8 Å². The Morgan fingerprint density at radius 2 is 1.50 bits per heavy atom. The Bertz CT molecular complexity index is 756. The van der Waals surface area contributed by atoms with Crippen molar-refractivity contribution in [2.75, 3.05) is 13.7 Å². The van der Waals surface area contributed by atoms with E-state index in [0.29, 0.717) is 0 Å². The van der Waals surface area contributed by atoms with Gasteiger partial charge in [-0.15, -0.1) is 0 Å². The molecule has 2 aromatic carbocycles. The van der Waals surface area contributed by atoms with E-state index in [9.17, 15) is 0 Å². The first-order chi connectivity index (χ1) is 13.7. The molecule has 1 aliphatic rings. The Labute approximate surface area is 167 Å². The fraction of sp³-hybridized carbons (Fsp3) is 0.333. The molecule has 1 heterocycles.